The molecule has 0 saturated carbocycles. The molecule has 1 unspecified atom stereocenters. The maximum atomic E-state index is 12.5. The molecule has 1 fully saturated rings. The number of nitrogens with zero attached hydrogens (tertiary/aromatic N) is 5. The largest absolute Gasteiger partial charge is 0.573 e. The summed E-state index contributed by atoms with van der Waals surface area (Å²) < 4.78 is 43.4. The van der Waals surface area contributed by atoms with Crippen LogP contribution in [0.1, 0.15) is 37.8 Å². The third-order valence-corrected chi connectivity index (χ3v) is 8.42. The summed E-state index contributed by atoms with van der Waals surface area (Å²) in [5.41, 5.74) is 4.03. The second-order valence-corrected chi connectivity index (χ2v) is 11.7. The van der Waals surface area contributed by atoms with E-state index in [1.807, 2.05) is 58.0 Å². The van der Waals surface area contributed by atoms with E-state index in [-0.39, 0.29) is 11.7 Å². The van der Waals surface area contributed by atoms with Crippen LogP contribution in [0, 0.1) is 0 Å². The molecule has 0 bridgehead atoms. The maximum Gasteiger partial charge on any atom is 0.573 e. The van der Waals surface area contributed by atoms with Gasteiger partial charge in [-0.3, -0.25) is 9.47 Å². The number of fused-ring (bicyclic) bond motifs is 3. The molecule has 0 radical (unpaired) electrons. The van der Waals surface area contributed by atoms with E-state index in [1.54, 1.807) is 31.6 Å². The van der Waals surface area contributed by atoms with E-state index in [9.17, 15) is 18.3 Å². The van der Waals surface area contributed by atoms with Gasteiger partial charge in [-0.25, -0.2) is 4.98 Å². The molecule has 0 spiro atoms. The zero-order valence-electron chi connectivity index (χ0n) is 23.6. The first-order valence-corrected chi connectivity index (χ1v) is 14.6. The van der Waals surface area contributed by atoms with Gasteiger partial charge in [0.2, 0.25) is 0 Å². The van der Waals surface area contributed by atoms with Crippen molar-refractivity contribution >= 4 is 50.6 Å². The third kappa shape index (κ3) is 5.82. The third-order valence-electron chi connectivity index (χ3n) is 7.20. The number of benzene rings is 4. The number of rotatable bonds is 6. The highest BCUT2D eigenvalue weighted by Gasteiger charge is 2.41. The smallest absolute Gasteiger partial charge is 0.406 e. The molecule has 6 rings (SSSR count). The van der Waals surface area contributed by atoms with Crippen LogP contribution in [0.5, 0.6) is 5.75 Å². The van der Waals surface area contributed by atoms with E-state index in [0.717, 1.165) is 38.6 Å². The number of ether oxygens (including phenoxy) is 1. The average molecular weight is 604 g/mol. The molecule has 11 heteroatoms. The van der Waals surface area contributed by atoms with E-state index in [2.05, 4.69) is 39.8 Å². The lowest BCUT2D eigenvalue weighted by Crippen LogP contribution is -2.45. The van der Waals surface area contributed by atoms with Crippen molar-refractivity contribution in [1.29, 1.82) is 0 Å². The fourth-order valence-electron chi connectivity index (χ4n) is 5.22. The number of para-hydroxylation sites is 1. The molecule has 1 N–H and O–H groups in total. The summed E-state index contributed by atoms with van der Waals surface area (Å²) in [5.74, 6) is 0.462. The topological polar surface area (TPSA) is 75.2 Å². The fraction of sp³-hybridized carbons (Fsp3) is 0.219. The summed E-state index contributed by atoms with van der Waals surface area (Å²) in [6.07, 6.45) is -1.42. The van der Waals surface area contributed by atoms with Crippen molar-refractivity contribution in [2.75, 3.05) is 10.7 Å². The Hall–Kier alpha value is -4.35. The monoisotopic (exact) mass is 603 g/mol. The van der Waals surface area contributed by atoms with Gasteiger partial charge in [-0.15, -0.1) is 18.3 Å². The molecule has 4 aromatic carbocycles. The predicted octanol–water partition coefficient (Wildman–Crippen LogP) is 7.85. The summed E-state index contributed by atoms with van der Waals surface area (Å²) >= 11 is 1.46. The number of anilines is 1. The van der Waals surface area contributed by atoms with Gasteiger partial charge in [0.05, 0.1) is 17.2 Å². The first kappa shape index (κ1) is 28.8. The molecule has 7 nitrogen and oxygen atoms in total. The molecule has 2 heterocycles. The number of aromatic nitrogens is 2. The second kappa shape index (κ2) is 11.1. The van der Waals surface area contributed by atoms with Crippen molar-refractivity contribution in [1.82, 2.24) is 9.55 Å². The molecule has 1 aliphatic heterocycles. The Labute approximate surface area is 250 Å². The standard InChI is InChI=1S/C32H28F3N5O2S/c1-20(2)25-6-4-5-7-27(25)40-30(43-18-31(40,3)41)38-37-17-21-8-14-26-22(16-21)9-15-28-29(26)36-19-39(28)23-10-12-24(13-11-23)42-32(33,34)35/h4-17,19-20,41H,18H2,1-3H3/b37-17+,38-30-. The zero-order chi connectivity index (χ0) is 30.4. The quantitative estimate of drug-likeness (QED) is 0.158. The Morgan fingerprint density at radius 3 is 2.56 bits per heavy atom. The van der Waals surface area contributed by atoms with Gasteiger partial charge in [-0.2, -0.15) is 5.10 Å². The number of alkyl halides is 3. The van der Waals surface area contributed by atoms with Gasteiger partial charge in [0.1, 0.15) is 12.1 Å². The lowest BCUT2D eigenvalue weighted by Gasteiger charge is -2.32. The van der Waals surface area contributed by atoms with E-state index in [0.29, 0.717) is 16.6 Å². The minimum absolute atomic E-state index is 0.274. The SMILES string of the molecule is CC(C)c1ccccc1N1/C(=N/N=C/c2ccc3c(ccc4c3ncn4-c3ccc(OC(F)(F)F)cc3)c2)SCC1(C)O. The number of thioether (sulfide) groups is 1. The van der Waals surface area contributed by atoms with Gasteiger partial charge >= 0.3 is 6.36 Å². The summed E-state index contributed by atoms with van der Waals surface area (Å²) in [6.45, 7) is 6.03. The van der Waals surface area contributed by atoms with Crippen molar-refractivity contribution in [2.24, 2.45) is 10.2 Å². The summed E-state index contributed by atoms with van der Waals surface area (Å²) in [4.78, 5) is 6.44. The van der Waals surface area contributed by atoms with Crippen molar-refractivity contribution in [2.45, 2.75) is 38.8 Å². The molecule has 1 aliphatic rings. The number of hydrogen-bond acceptors (Lipinski definition) is 6. The molecule has 1 aromatic heterocycles. The van der Waals surface area contributed by atoms with Gasteiger partial charge in [-0.1, -0.05) is 62.0 Å². The van der Waals surface area contributed by atoms with E-state index < -0.39 is 12.1 Å². The molecular weight excluding hydrogens is 575 g/mol. The normalized spacial score (nSPS) is 18.6. The summed E-state index contributed by atoms with van der Waals surface area (Å²) in [5, 5.41) is 22.5. The van der Waals surface area contributed by atoms with Crippen LogP contribution in [0.3, 0.4) is 0 Å². The van der Waals surface area contributed by atoms with Gasteiger partial charge in [0, 0.05) is 22.5 Å². The van der Waals surface area contributed by atoms with Crippen LogP contribution in [-0.2, 0) is 0 Å². The first-order chi connectivity index (χ1) is 20.5. The number of halogens is 3. The van der Waals surface area contributed by atoms with Crippen molar-refractivity contribution in [3.05, 3.63) is 96.3 Å². The molecule has 0 amide bonds. The Balaban J connectivity index is 1.26. The Kier molecular flexibility index (Phi) is 7.39. The van der Waals surface area contributed by atoms with Crippen LogP contribution in [0.25, 0.3) is 27.5 Å². The molecule has 1 saturated heterocycles. The molecule has 43 heavy (non-hydrogen) atoms. The van der Waals surface area contributed by atoms with Crippen LogP contribution in [0.4, 0.5) is 18.9 Å². The molecule has 0 aliphatic carbocycles. The highest BCUT2D eigenvalue weighted by molar-refractivity contribution is 8.14. The van der Waals surface area contributed by atoms with Crippen LogP contribution >= 0.6 is 11.8 Å². The predicted molar refractivity (Wildman–Crippen MR) is 166 cm³/mol. The fourth-order valence-corrected chi connectivity index (χ4v) is 6.28. The number of imidazole rings is 1. The van der Waals surface area contributed by atoms with Crippen molar-refractivity contribution in [3.8, 4) is 11.4 Å². The van der Waals surface area contributed by atoms with Crippen molar-refractivity contribution < 1.29 is 23.0 Å². The summed E-state index contributed by atoms with van der Waals surface area (Å²) in [6, 6.07) is 23.5. The van der Waals surface area contributed by atoms with Crippen LogP contribution in [0.2, 0.25) is 0 Å². The number of amidine groups is 1. The highest BCUT2D eigenvalue weighted by atomic mass is 32.2. The average Bonchev–Trinajstić information content (AvgIpc) is 3.52. The lowest BCUT2D eigenvalue weighted by molar-refractivity contribution is -0.274. The van der Waals surface area contributed by atoms with Gasteiger partial charge in [0.15, 0.2) is 10.9 Å². The molecule has 220 valence electrons. The van der Waals surface area contributed by atoms with E-state index in [4.69, 9.17) is 0 Å². The minimum atomic E-state index is -4.74. The van der Waals surface area contributed by atoms with Gasteiger partial charge in [-0.05, 0) is 71.8 Å². The van der Waals surface area contributed by atoms with Crippen LogP contribution < -0.4 is 9.64 Å². The molecular formula is C32H28F3N5O2S. The Morgan fingerprint density at radius 2 is 1.81 bits per heavy atom. The van der Waals surface area contributed by atoms with Crippen LogP contribution in [-0.4, -0.2) is 43.9 Å². The van der Waals surface area contributed by atoms with Crippen LogP contribution in [0.15, 0.2) is 95.4 Å². The van der Waals surface area contributed by atoms with Crippen molar-refractivity contribution in [3.63, 3.8) is 0 Å². The Morgan fingerprint density at radius 1 is 1.05 bits per heavy atom. The van der Waals surface area contributed by atoms with Gasteiger partial charge in [0.25, 0.3) is 0 Å². The minimum Gasteiger partial charge on any atom is -0.406 e. The maximum absolute atomic E-state index is 12.5. The summed E-state index contributed by atoms with van der Waals surface area (Å²) in [7, 11) is 0. The molecule has 1 atom stereocenters. The first-order valence-electron chi connectivity index (χ1n) is 13.6. The number of aliphatic hydroxyl groups is 1. The van der Waals surface area contributed by atoms with E-state index in [1.165, 1.54) is 23.9 Å². The highest BCUT2D eigenvalue weighted by Crippen LogP contribution is 2.39. The Bertz CT molecular complexity index is 1860. The number of hydrogen-bond donors (Lipinski definition) is 1. The lowest BCUT2D eigenvalue weighted by atomic mass is 9.99. The van der Waals surface area contributed by atoms with E-state index >= 15 is 0 Å². The second-order valence-electron chi connectivity index (χ2n) is 10.8. The molecule has 5 aromatic rings. The zero-order valence-corrected chi connectivity index (χ0v) is 24.4. The van der Waals surface area contributed by atoms with Gasteiger partial charge < -0.3 is 9.84 Å².